The number of halogens is 3. The van der Waals surface area contributed by atoms with E-state index in [0.717, 1.165) is 24.3 Å². The molecule has 1 N–H and O–H groups in total. The molecule has 0 heterocycles. The fraction of sp³-hybridized carbons (Fsp3) is 0.0769. The molecule has 0 aliphatic rings. The van der Waals surface area contributed by atoms with Gasteiger partial charge in [-0.15, -0.1) is 0 Å². The molecule has 2 rings (SSSR count). The first-order valence-electron chi connectivity index (χ1n) is 6.17. The van der Waals surface area contributed by atoms with E-state index in [-0.39, 0.29) is 0 Å². The van der Waals surface area contributed by atoms with Crippen LogP contribution >= 0.6 is 0 Å². The average molecular weight is 361 g/mol. The Morgan fingerprint density at radius 1 is 1.08 bits per heavy atom. The molecule has 0 amide bonds. The monoisotopic (exact) mass is 361 g/mol. The van der Waals surface area contributed by atoms with Crippen LogP contribution in [0.1, 0.15) is 5.56 Å². The van der Waals surface area contributed by atoms with Gasteiger partial charge in [0.2, 0.25) is 0 Å². The first kappa shape index (κ1) is 17.5. The molecule has 7 nitrogen and oxygen atoms in total. The smallest absolute Gasteiger partial charge is 0.417 e. The fourth-order valence-electron chi connectivity index (χ4n) is 1.85. The van der Waals surface area contributed by atoms with Gasteiger partial charge < -0.3 is 5.11 Å². The third-order valence-electron chi connectivity index (χ3n) is 2.90. The summed E-state index contributed by atoms with van der Waals surface area (Å²) < 4.78 is 64.8. The van der Waals surface area contributed by atoms with Crippen LogP contribution in [0.15, 0.2) is 47.4 Å². The number of benzene rings is 2. The van der Waals surface area contributed by atoms with Gasteiger partial charge >= 0.3 is 6.18 Å². The molecule has 0 unspecified atom stereocenters. The zero-order valence-electron chi connectivity index (χ0n) is 11.6. The van der Waals surface area contributed by atoms with Crippen molar-refractivity contribution in [2.24, 2.45) is 0 Å². The van der Waals surface area contributed by atoms with Crippen molar-refractivity contribution < 1.29 is 31.6 Å². The van der Waals surface area contributed by atoms with Gasteiger partial charge in [-0.25, -0.2) is 8.42 Å². The summed E-state index contributed by atoms with van der Waals surface area (Å²) in [5, 5.41) is 22.3. The molecule has 0 spiro atoms. The molecule has 0 aromatic heterocycles. The Kier molecular flexibility index (Phi) is 4.38. The Labute approximate surface area is 133 Å². The van der Waals surface area contributed by atoms with Gasteiger partial charge in [0.05, 0.1) is 15.4 Å². The van der Waals surface area contributed by atoms with Crippen molar-refractivity contribution in [3.8, 4) is 5.75 Å². The Balaban J connectivity index is 2.51. The van der Waals surface area contributed by atoms with Crippen LogP contribution in [-0.2, 0) is 16.2 Å². The third kappa shape index (κ3) is 3.56. The van der Waals surface area contributed by atoms with Gasteiger partial charge in [-0.2, -0.15) is 13.2 Å². The Bertz CT molecular complexity index is 897. The Hall–Kier alpha value is -2.82. The zero-order valence-corrected chi connectivity index (χ0v) is 12.4. The van der Waals surface area contributed by atoms with Crippen LogP contribution < -0.4 is 9.83 Å². The summed E-state index contributed by atoms with van der Waals surface area (Å²) in [5.74, 6) is -0.923. The van der Waals surface area contributed by atoms with Crippen LogP contribution in [0.3, 0.4) is 0 Å². The van der Waals surface area contributed by atoms with Crippen LogP contribution in [0, 0.1) is 10.1 Å². The van der Waals surface area contributed by atoms with Gasteiger partial charge in [0.25, 0.3) is 15.7 Å². The summed E-state index contributed by atoms with van der Waals surface area (Å²) in [4.78, 5) is 8.69. The molecule has 0 aliphatic heterocycles. The highest BCUT2D eigenvalue weighted by Crippen LogP contribution is 2.35. The maximum absolute atomic E-state index is 12.9. The molecule has 0 bridgehead atoms. The lowest BCUT2D eigenvalue weighted by Crippen LogP contribution is -2.19. The highest BCUT2D eigenvalue weighted by molar-refractivity contribution is 7.92. The summed E-state index contributed by atoms with van der Waals surface area (Å²) in [7, 11) is -4.78. The summed E-state index contributed by atoms with van der Waals surface area (Å²) in [6, 6.07) is 5.60. The topological polar surface area (TPSA) is 112 Å². The minimum atomic E-state index is -4.94. The van der Waals surface area contributed by atoms with E-state index in [1.807, 2.05) is 0 Å². The molecule has 24 heavy (non-hydrogen) atoms. The first-order chi connectivity index (χ1) is 11.0. The summed E-state index contributed by atoms with van der Waals surface area (Å²) in [6.07, 6.45) is -4.94. The number of sulfonamides is 1. The van der Waals surface area contributed by atoms with Gasteiger partial charge in [0.15, 0.2) is 0 Å². The van der Waals surface area contributed by atoms with Crippen LogP contribution in [0.25, 0.3) is 0 Å². The van der Waals surface area contributed by atoms with Crippen molar-refractivity contribution in [1.29, 1.82) is 0 Å². The van der Waals surface area contributed by atoms with Crippen LogP contribution in [-0.4, -0.2) is 13.3 Å². The van der Waals surface area contributed by atoms with Gasteiger partial charge in [-0.3, -0.25) is 14.8 Å². The second-order valence-electron chi connectivity index (χ2n) is 4.54. The van der Waals surface area contributed by atoms with Gasteiger partial charge in [-0.05, 0) is 12.1 Å². The molecule has 128 valence electrons. The Morgan fingerprint density at radius 3 is 2.29 bits per heavy atom. The number of non-ortho nitro benzene ring substituents is 1. The number of nitro groups is 1. The zero-order chi connectivity index (χ0) is 18.1. The number of hydrogen-bond acceptors (Lipinski definition) is 5. The molecule has 0 saturated heterocycles. The third-order valence-corrected chi connectivity index (χ3v) is 4.32. The van der Waals surface area contributed by atoms with E-state index in [2.05, 4.69) is 0 Å². The normalized spacial score (nSPS) is 12.0. The molecular weight excluding hydrogens is 353 g/mol. The lowest BCUT2D eigenvalue weighted by Gasteiger charge is -2.17. The van der Waals surface area contributed by atoms with Gasteiger partial charge in [-0.1, -0.05) is 23.9 Å². The number of alkyl halides is 3. The molecule has 2 aromatic rings. The van der Waals surface area contributed by atoms with Crippen LogP contribution in [0.5, 0.6) is 5.75 Å². The van der Waals surface area contributed by atoms with Crippen molar-refractivity contribution in [3.05, 3.63) is 58.1 Å². The minimum absolute atomic E-state index is 0.570. The second kappa shape index (κ2) is 6.00. The van der Waals surface area contributed by atoms with Gasteiger partial charge in [0, 0.05) is 17.8 Å². The number of hydrogen-bond donors (Lipinski definition) is 1. The SMILES string of the molecule is O=[N+]([O-])c1ccc([O-])c(NS(=O)(=O)c2ccccc2C(F)(F)F)c1. The average Bonchev–Trinajstić information content (AvgIpc) is 2.48. The number of nitro benzene ring substituents is 1. The molecule has 0 fully saturated rings. The predicted octanol–water partition coefficient (Wildman–Crippen LogP) is 2.49. The summed E-state index contributed by atoms with van der Waals surface area (Å²) >= 11 is 0. The molecular formula is C13H8F3N2O5S-. The van der Waals surface area contributed by atoms with E-state index in [9.17, 15) is 36.8 Å². The number of anilines is 1. The largest absolute Gasteiger partial charge is 0.871 e. The molecule has 0 radical (unpaired) electrons. The van der Waals surface area contributed by atoms with Crippen molar-refractivity contribution in [2.75, 3.05) is 4.72 Å². The summed E-state index contributed by atoms with van der Waals surface area (Å²) in [6.45, 7) is 0. The van der Waals surface area contributed by atoms with E-state index in [0.29, 0.717) is 18.2 Å². The summed E-state index contributed by atoms with van der Waals surface area (Å²) in [5.41, 5.74) is -2.73. The maximum Gasteiger partial charge on any atom is 0.417 e. The minimum Gasteiger partial charge on any atom is -0.871 e. The lowest BCUT2D eigenvalue weighted by atomic mass is 10.2. The number of rotatable bonds is 4. The molecule has 0 saturated carbocycles. The standard InChI is InChI=1S/C13H9F3N2O5S/c14-13(15,16)9-3-1-2-4-12(9)24(22,23)17-10-7-8(18(20)21)5-6-11(10)19/h1-7,17,19H/p-1. The molecule has 2 aromatic carbocycles. The molecule has 0 aliphatic carbocycles. The van der Waals surface area contributed by atoms with Crippen molar-refractivity contribution >= 4 is 21.4 Å². The van der Waals surface area contributed by atoms with E-state index >= 15 is 0 Å². The quantitative estimate of drug-likeness (QED) is 0.664. The number of nitrogens with zero attached hydrogens (tertiary/aromatic N) is 1. The highest BCUT2D eigenvalue weighted by Gasteiger charge is 2.37. The predicted molar refractivity (Wildman–Crippen MR) is 74.8 cm³/mol. The maximum atomic E-state index is 12.9. The lowest BCUT2D eigenvalue weighted by molar-refractivity contribution is -0.385. The number of nitrogens with one attached hydrogen (secondary N) is 1. The first-order valence-corrected chi connectivity index (χ1v) is 7.65. The van der Waals surface area contributed by atoms with E-state index in [1.54, 1.807) is 4.72 Å². The van der Waals surface area contributed by atoms with Gasteiger partial charge in [0.1, 0.15) is 0 Å². The van der Waals surface area contributed by atoms with E-state index in [1.165, 1.54) is 0 Å². The van der Waals surface area contributed by atoms with Crippen molar-refractivity contribution in [2.45, 2.75) is 11.1 Å². The van der Waals surface area contributed by atoms with Crippen LogP contribution in [0.4, 0.5) is 24.5 Å². The van der Waals surface area contributed by atoms with Crippen LogP contribution in [0.2, 0.25) is 0 Å². The van der Waals surface area contributed by atoms with Crippen molar-refractivity contribution in [1.82, 2.24) is 0 Å². The fourth-order valence-corrected chi connectivity index (χ4v) is 3.14. The Morgan fingerprint density at radius 2 is 1.71 bits per heavy atom. The highest BCUT2D eigenvalue weighted by atomic mass is 32.2. The molecule has 11 heteroatoms. The van der Waals surface area contributed by atoms with E-state index in [4.69, 9.17) is 0 Å². The van der Waals surface area contributed by atoms with Crippen molar-refractivity contribution in [3.63, 3.8) is 0 Å². The molecule has 0 atom stereocenters. The van der Waals surface area contributed by atoms with E-state index < -0.39 is 48.7 Å². The second-order valence-corrected chi connectivity index (χ2v) is 6.19.